The molecule has 3 aromatic carbocycles. The van der Waals surface area contributed by atoms with Crippen LogP contribution in [-0.4, -0.2) is 23.5 Å². The maximum Gasteiger partial charge on any atom is 0.164 e. The van der Waals surface area contributed by atoms with Gasteiger partial charge in [0.1, 0.15) is 0 Å². The predicted octanol–water partition coefficient (Wildman–Crippen LogP) is 4.43. The molecule has 0 amide bonds. The number of carbonyl (C=O) groups is 1. The van der Waals surface area contributed by atoms with Crippen LogP contribution in [0.1, 0.15) is 40.9 Å². The van der Waals surface area contributed by atoms with E-state index in [0.29, 0.717) is 13.0 Å². The van der Waals surface area contributed by atoms with E-state index in [1.807, 2.05) is 67.6 Å². The Morgan fingerprint density at radius 1 is 0.962 bits per heavy atom. The number of carbonyl (C=O) groups excluding carboxylic acids is 1. The molecule has 3 heteroatoms. The number of fused-ring (bicyclic) bond motifs is 1. The smallest absolute Gasteiger partial charge is 0.164 e. The number of benzene rings is 3. The maximum absolute atomic E-state index is 12.7. The summed E-state index contributed by atoms with van der Waals surface area (Å²) >= 11 is 0. The Morgan fingerprint density at radius 2 is 1.62 bits per heavy atom. The van der Waals surface area contributed by atoms with Crippen molar-refractivity contribution in [2.75, 3.05) is 6.54 Å². The minimum absolute atomic E-state index is 0.120. The van der Waals surface area contributed by atoms with Gasteiger partial charge in [0, 0.05) is 24.6 Å². The number of ketones is 1. The highest BCUT2D eigenvalue weighted by Crippen LogP contribution is 2.23. The van der Waals surface area contributed by atoms with Crippen LogP contribution in [-0.2, 0) is 0 Å². The van der Waals surface area contributed by atoms with Crippen molar-refractivity contribution in [2.45, 2.75) is 32.4 Å². The van der Waals surface area contributed by atoms with Gasteiger partial charge in [-0.25, -0.2) is 0 Å². The standard InChI is InChI=1S/C23H25NO2/c1-16-12-13-21(20-11-7-6-10-19(16)20)22(25)14-15-24-17(2)23(26)18-8-4-3-5-9-18/h3-13,17,23-24,26H,14-15H2,1-2H3. The first-order valence-corrected chi connectivity index (χ1v) is 9.06. The Labute approximate surface area is 154 Å². The topological polar surface area (TPSA) is 49.3 Å². The second-order valence-corrected chi connectivity index (χ2v) is 6.75. The van der Waals surface area contributed by atoms with Gasteiger partial charge in [-0.2, -0.15) is 0 Å². The number of nitrogens with one attached hydrogen (secondary N) is 1. The minimum atomic E-state index is -0.591. The lowest BCUT2D eigenvalue weighted by molar-refractivity contribution is 0.0973. The van der Waals surface area contributed by atoms with Gasteiger partial charge in [0.15, 0.2) is 5.78 Å². The summed E-state index contributed by atoms with van der Waals surface area (Å²) in [4.78, 5) is 12.7. The molecule has 2 N–H and O–H groups in total. The molecule has 3 rings (SSSR count). The van der Waals surface area contributed by atoms with E-state index in [9.17, 15) is 9.90 Å². The summed E-state index contributed by atoms with van der Waals surface area (Å²) in [6.45, 7) is 4.53. The van der Waals surface area contributed by atoms with Gasteiger partial charge in [-0.05, 0) is 35.7 Å². The highest BCUT2D eigenvalue weighted by molar-refractivity contribution is 6.08. The number of aliphatic hydroxyl groups is 1. The SMILES string of the molecule is Cc1ccc(C(=O)CCNC(C)C(O)c2ccccc2)c2ccccc12. The van der Waals surface area contributed by atoms with Gasteiger partial charge in [-0.3, -0.25) is 4.79 Å². The quantitative estimate of drug-likeness (QED) is 0.622. The van der Waals surface area contributed by atoms with E-state index >= 15 is 0 Å². The normalized spacial score (nSPS) is 13.5. The zero-order chi connectivity index (χ0) is 18.5. The second-order valence-electron chi connectivity index (χ2n) is 6.75. The van der Waals surface area contributed by atoms with Crippen LogP contribution in [0, 0.1) is 6.92 Å². The molecular formula is C23H25NO2. The van der Waals surface area contributed by atoms with Crippen LogP contribution in [0.15, 0.2) is 66.7 Å². The van der Waals surface area contributed by atoms with E-state index in [-0.39, 0.29) is 11.8 Å². The minimum Gasteiger partial charge on any atom is -0.387 e. The molecule has 0 radical (unpaired) electrons. The van der Waals surface area contributed by atoms with Gasteiger partial charge in [-0.1, -0.05) is 66.7 Å². The van der Waals surface area contributed by atoms with Crippen molar-refractivity contribution < 1.29 is 9.90 Å². The molecule has 0 aliphatic heterocycles. The van der Waals surface area contributed by atoms with E-state index in [0.717, 1.165) is 21.9 Å². The molecule has 3 nitrogen and oxygen atoms in total. The monoisotopic (exact) mass is 347 g/mol. The summed E-state index contributed by atoms with van der Waals surface area (Å²) in [6.07, 6.45) is -0.190. The molecule has 3 aromatic rings. The molecule has 0 spiro atoms. The molecule has 0 aliphatic carbocycles. The summed E-state index contributed by atoms with van der Waals surface area (Å²) in [5.41, 5.74) is 2.82. The highest BCUT2D eigenvalue weighted by atomic mass is 16.3. The van der Waals surface area contributed by atoms with Crippen LogP contribution in [0.3, 0.4) is 0 Å². The Balaban J connectivity index is 1.62. The third-order valence-corrected chi connectivity index (χ3v) is 4.88. The maximum atomic E-state index is 12.7. The van der Waals surface area contributed by atoms with Crippen molar-refractivity contribution in [3.05, 3.63) is 83.4 Å². The Kier molecular flexibility index (Phi) is 5.82. The van der Waals surface area contributed by atoms with Gasteiger partial charge in [0.05, 0.1) is 6.10 Å². The number of aryl methyl sites for hydroxylation is 1. The summed E-state index contributed by atoms with van der Waals surface area (Å²) in [5.74, 6) is 0.120. The molecule has 0 aromatic heterocycles. The van der Waals surface area contributed by atoms with Gasteiger partial charge in [0.25, 0.3) is 0 Å². The van der Waals surface area contributed by atoms with Crippen LogP contribution >= 0.6 is 0 Å². The van der Waals surface area contributed by atoms with Crippen LogP contribution < -0.4 is 5.32 Å². The van der Waals surface area contributed by atoms with Crippen molar-refractivity contribution in [1.82, 2.24) is 5.32 Å². The summed E-state index contributed by atoms with van der Waals surface area (Å²) in [6, 6.07) is 21.4. The van der Waals surface area contributed by atoms with Crippen molar-refractivity contribution in [2.24, 2.45) is 0 Å². The number of hydrogen-bond acceptors (Lipinski definition) is 3. The Hall–Kier alpha value is -2.49. The summed E-state index contributed by atoms with van der Waals surface area (Å²) < 4.78 is 0. The Bertz CT molecular complexity index is 889. The zero-order valence-electron chi connectivity index (χ0n) is 15.3. The van der Waals surface area contributed by atoms with Crippen LogP contribution in [0.5, 0.6) is 0 Å². The average molecular weight is 347 g/mol. The lowest BCUT2D eigenvalue weighted by Gasteiger charge is -2.20. The molecule has 2 unspecified atom stereocenters. The predicted molar refractivity (Wildman–Crippen MR) is 106 cm³/mol. The first kappa shape index (κ1) is 18.3. The lowest BCUT2D eigenvalue weighted by atomic mass is 9.96. The first-order chi connectivity index (χ1) is 12.6. The fourth-order valence-electron chi connectivity index (χ4n) is 3.29. The van der Waals surface area contributed by atoms with Gasteiger partial charge in [-0.15, -0.1) is 0 Å². The molecule has 0 heterocycles. The third kappa shape index (κ3) is 4.01. The van der Waals surface area contributed by atoms with Gasteiger partial charge in [0.2, 0.25) is 0 Å². The second kappa shape index (κ2) is 8.26. The lowest BCUT2D eigenvalue weighted by Crippen LogP contribution is -2.33. The molecule has 134 valence electrons. The number of hydrogen-bond donors (Lipinski definition) is 2. The van der Waals surface area contributed by atoms with E-state index in [2.05, 4.69) is 18.3 Å². The fraction of sp³-hybridized carbons (Fsp3) is 0.261. The van der Waals surface area contributed by atoms with Crippen LogP contribution in [0.25, 0.3) is 10.8 Å². The number of aliphatic hydroxyl groups excluding tert-OH is 1. The fourth-order valence-corrected chi connectivity index (χ4v) is 3.29. The molecule has 0 saturated carbocycles. The van der Waals surface area contributed by atoms with Gasteiger partial charge < -0.3 is 10.4 Å². The molecule has 0 bridgehead atoms. The molecule has 0 aliphatic rings. The highest BCUT2D eigenvalue weighted by Gasteiger charge is 2.16. The molecule has 0 saturated heterocycles. The van der Waals surface area contributed by atoms with E-state index in [1.54, 1.807) is 0 Å². The number of rotatable bonds is 7. The van der Waals surface area contributed by atoms with Crippen molar-refractivity contribution in [3.8, 4) is 0 Å². The first-order valence-electron chi connectivity index (χ1n) is 9.06. The molecule has 0 fully saturated rings. The summed E-state index contributed by atoms with van der Waals surface area (Å²) in [7, 11) is 0. The van der Waals surface area contributed by atoms with Gasteiger partial charge >= 0.3 is 0 Å². The molecule has 26 heavy (non-hydrogen) atoms. The van der Waals surface area contributed by atoms with E-state index in [1.165, 1.54) is 5.56 Å². The third-order valence-electron chi connectivity index (χ3n) is 4.88. The van der Waals surface area contributed by atoms with Crippen molar-refractivity contribution in [1.29, 1.82) is 0 Å². The average Bonchev–Trinajstić information content (AvgIpc) is 2.68. The molecule has 2 atom stereocenters. The molecular weight excluding hydrogens is 322 g/mol. The van der Waals surface area contributed by atoms with Crippen molar-refractivity contribution >= 4 is 16.6 Å². The van der Waals surface area contributed by atoms with Crippen LogP contribution in [0.2, 0.25) is 0 Å². The summed E-state index contributed by atoms with van der Waals surface area (Å²) in [5, 5.41) is 15.8. The Morgan fingerprint density at radius 3 is 2.35 bits per heavy atom. The van der Waals surface area contributed by atoms with E-state index in [4.69, 9.17) is 0 Å². The van der Waals surface area contributed by atoms with Crippen molar-refractivity contribution in [3.63, 3.8) is 0 Å². The zero-order valence-corrected chi connectivity index (χ0v) is 15.3. The van der Waals surface area contributed by atoms with Crippen LogP contribution in [0.4, 0.5) is 0 Å². The number of Topliss-reactive ketones (excluding diaryl/α,β-unsaturated/α-hetero) is 1. The van der Waals surface area contributed by atoms with E-state index < -0.39 is 6.10 Å². The largest absolute Gasteiger partial charge is 0.387 e.